The van der Waals surface area contributed by atoms with Crippen LogP contribution in [0.4, 0.5) is 0 Å². The maximum Gasteiger partial charge on any atom is 0.253 e. The first-order chi connectivity index (χ1) is 13.7. The summed E-state index contributed by atoms with van der Waals surface area (Å²) in [6.45, 7) is 2.10. The molecule has 1 fully saturated rings. The van der Waals surface area contributed by atoms with Gasteiger partial charge in [0.1, 0.15) is 6.33 Å². The number of hydrogen-bond acceptors (Lipinski definition) is 6. The average Bonchev–Trinajstić information content (AvgIpc) is 3.46. The van der Waals surface area contributed by atoms with E-state index in [1.165, 1.54) is 11.0 Å². The van der Waals surface area contributed by atoms with Gasteiger partial charge < -0.3 is 9.80 Å². The molecule has 0 spiro atoms. The van der Waals surface area contributed by atoms with Crippen LogP contribution >= 0.6 is 11.3 Å². The smallest absolute Gasteiger partial charge is 0.253 e. The Balaban J connectivity index is 1.33. The molecule has 0 unspecified atom stereocenters. The van der Waals surface area contributed by atoms with Crippen LogP contribution in [0, 0.1) is 0 Å². The van der Waals surface area contributed by atoms with Gasteiger partial charge in [-0.3, -0.25) is 9.59 Å². The maximum atomic E-state index is 12.7. The molecule has 1 aliphatic rings. The molecule has 3 heterocycles. The molecule has 142 valence electrons. The zero-order valence-corrected chi connectivity index (χ0v) is 15.8. The maximum absolute atomic E-state index is 12.7. The summed E-state index contributed by atoms with van der Waals surface area (Å²) in [5, 5.41) is 13.0. The number of benzene rings is 1. The summed E-state index contributed by atoms with van der Waals surface area (Å²) in [4.78, 5) is 29.6. The number of piperazine rings is 1. The summed E-state index contributed by atoms with van der Waals surface area (Å²) in [7, 11) is 0. The van der Waals surface area contributed by atoms with E-state index in [1.54, 1.807) is 51.5 Å². The fourth-order valence-corrected chi connectivity index (χ4v) is 3.61. The van der Waals surface area contributed by atoms with Crippen molar-refractivity contribution < 1.29 is 9.59 Å². The molecule has 1 aliphatic heterocycles. The molecule has 8 nitrogen and oxygen atoms in total. The predicted molar refractivity (Wildman–Crippen MR) is 105 cm³/mol. The number of amides is 2. The molecule has 0 saturated carbocycles. The lowest BCUT2D eigenvalue weighted by Gasteiger charge is -2.34. The highest BCUT2D eigenvalue weighted by Crippen LogP contribution is 2.14. The summed E-state index contributed by atoms with van der Waals surface area (Å²) in [5.41, 5.74) is 1.39. The summed E-state index contributed by atoms with van der Waals surface area (Å²) in [5.74, 6) is -0.0595. The van der Waals surface area contributed by atoms with Crippen molar-refractivity contribution in [2.75, 3.05) is 26.2 Å². The molecule has 0 radical (unpaired) electrons. The van der Waals surface area contributed by atoms with Crippen LogP contribution in [0.5, 0.6) is 0 Å². The van der Waals surface area contributed by atoms with Crippen LogP contribution in [0.25, 0.3) is 11.8 Å². The van der Waals surface area contributed by atoms with E-state index in [-0.39, 0.29) is 11.8 Å². The van der Waals surface area contributed by atoms with E-state index in [1.807, 2.05) is 23.6 Å². The number of carbonyl (C=O) groups is 2. The van der Waals surface area contributed by atoms with E-state index in [0.717, 1.165) is 10.6 Å². The lowest BCUT2D eigenvalue weighted by molar-refractivity contribution is -0.127. The summed E-state index contributed by atoms with van der Waals surface area (Å²) in [6.07, 6.45) is 4.93. The highest BCUT2D eigenvalue weighted by Gasteiger charge is 2.24. The third-order valence-corrected chi connectivity index (χ3v) is 5.38. The van der Waals surface area contributed by atoms with Gasteiger partial charge in [-0.25, -0.2) is 4.68 Å². The van der Waals surface area contributed by atoms with Crippen molar-refractivity contribution >= 4 is 29.2 Å². The lowest BCUT2D eigenvalue weighted by Crippen LogP contribution is -2.50. The normalized spacial score (nSPS) is 14.6. The van der Waals surface area contributed by atoms with Crippen molar-refractivity contribution in [3.8, 4) is 5.69 Å². The molecule has 28 heavy (non-hydrogen) atoms. The van der Waals surface area contributed by atoms with Crippen LogP contribution < -0.4 is 0 Å². The Labute approximate surface area is 165 Å². The monoisotopic (exact) mass is 394 g/mol. The van der Waals surface area contributed by atoms with Gasteiger partial charge in [-0.15, -0.1) is 16.4 Å². The summed E-state index contributed by atoms with van der Waals surface area (Å²) < 4.78 is 1.53. The van der Waals surface area contributed by atoms with Crippen LogP contribution in [-0.2, 0) is 4.79 Å². The number of hydrogen-bond donors (Lipinski definition) is 0. The van der Waals surface area contributed by atoms with Gasteiger partial charge in [0.05, 0.1) is 5.69 Å². The minimum atomic E-state index is -0.0375. The van der Waals surface area contributed by atoms with Gasteiger partial charge in [0, 0.05) is 42.7 Å². The zero-order valence-electron chi connectivity index (χ0n) is 15.0. The van der Waals surface area contributed by atoms with Gasteiger partial charge >= 0.3 is 0 Å². The van der Waals surface area contributed by atoms with Crippen molar-refractivity contribution in [1.82, 2.24) is 30.0 Å². The highest BCUT2D eigenvalue weighted by atomic mass is 32.1. The second kappa shape index (κ2) is 8.13. The SMILES string of the molecule is O=C(/C=C\c1cccs1)N1CCN(C(=O)c2ccc(-n3cnnn3)cc2)CC1. The van der Waals surface area contributed by atoms with E-state index in [4.69, 9.17) is 0 Å². The third-order valence-electron chi connectivity index (χ3n) is 4.54. The van der Waals surface area contributed by atoms with E-state index in [0.29, 0.717) is 31.7 Å². The molecule has 4 rings (SSSR count). The van der Waals surface area contributed by atoms with E-state index < -0.39 is 0 Å². The molecule has 1 saturated heterocycles. The quantitative estimate of drug-likeness (QED) is 0.629. The first-order valence-electron chi connectivity index (χ1n) is 8.84. The van der Waals surface area contributed by atoms with Gasteiger partial charge in [-0.2, -0.15) is 0 Å². The van der Waals surface area contributed by atoms with Crippen LogP contribution in [0.2, 0.25) is 0 Å². The Kier molecular flexibility index (Phi) is 5.24. The molecule has 3 aromatic rings. The minimum Gasteiger partial charge on any atom is -0.336 e. The first-order valence-corrected chi connectivity index (χ1v) is 9.72. The minimum absolute atomic E-state index is 0.0220. The number of thiophene rings is 1. The highest BCUT2D eigenvalue weighted by molar-refractivity contribution is 7.10. The van der Waals surface area contributed by atoms with Crippen molar-refractivity contribution in [2.45, 2.75) is 0 Å². The van der Waals surface area contributed by atoms with Crippen molar-refractivity contribution in [2.24, 2.45) is 0 Å². The molecule has 2 amide bonds. The number of nitrogens with zero attached hydrogens (tertiary/aromatic N) is 6. The number of tetrazole rings is 1. The second-order valence-electron chi connectivity index (χ2n) is 6.27. The average molecular weight is 394 g/mol. The van der Waals surface area contributed by atoms with Crippen LogP contribution in [0.1, 0.15) is 15.2 Å². The summed E-state index contributed by atoms with van der Waals surface area (Å²) >= 11 is 1.59. The molecule has 0 atom stereocenters. The molecule has 2 aromatic heterocycles. The Bertz CT molecular complexity index is 959. The van der Waals surface area contributed by atoms with Crippen LogP contribution in [0.3, 0.4) is 0 Å². The molecule has 0 aliphatic carbocycles. The van der Waals surface area contributed by atoms with Crippen LogP contribution in [-0.4, -0.2) is 68.0 Å². The van der Waals surface area contributed by atoms with Gasteiger partial charge in [0.25, 0.3) is 5.91 Å². The lowest BCUT2D eigenvalue weighted by atomic mass is 10.1. The molecule has 0 N–H and O–H groups in total. The Morgan fingerprint density at radius 1 is 1.00 bits per heavy atom. The number of rotatable bonds is 4. The van der Waals surface area contributed by atoms with E-state index in [9.17, 15) is 9.59 Å². The van der Waals surface area contributed by atoms with Gasteiger partial charge in [-0.05, 0) is 52.2 Å². The van der Waals surface area contributed by atoms with E-state index in [2.05, 4.69) is 15.5 Å². The topological polar surface area (TPSA) is 84.2 Å². The molecular formula is C19H18N6O2S. The third kappa shape index (κ3) is 3.99. The van der Waals surface area contributed by atoms with Crippen LogP contribution in [0.15, 0.2) is 54.2 Å². The number of carbonyl (C=O) groups excluding carboxylic acids is 2. The van der Waals surface area contributed by atoms with Gasteiger partial charge in [0.15, 0.2) is 0 Å². The van der Waals surface area contributed by atoms with Crippen molar-refractivity contribution in [3.05, 3.63) is 64.6 Å². The Morgan fingerprint density at radius 2 is 1.75 bits per heavy atom. The largest absolute Gasteiger partial charge is 0.336 e. The standard InChI is InChI=1S/C19H18N6O2S/c26-18(8-7-17-2-1-13-28-17)23-9-11-24(12-10-23)19(27)15-3-5-16(6-4-15)25-14-20-21-22-25/h1-8,13-14H,9-12H2/b8-7-. The van der Waals surface area contributed by atoms with E-state index >= 15 is 0 Å². The molecule has 9 heteroatoms. The Morgan fingerprint density at radius 3 is 2.39 bits per heavy atom. The summed E-state index contributed by atoms with van der Waals surface area (Å²) in [6, 6.07) is 11.1. The molecular weight excluding hydrogens is 376 g/mol. The fraction of sp³-hybridized carbons (Fsp3) is 0.211. The number of aromatic nitrogens is 4. The van der Waals surface area contributed by atoms with Crippen molar-refractivity contribution in [1.29, 1.82) is 0 Å². The molecule has 0 bridgehead atoms. The van der Waals surface area contributed by atoms with Crippen molar-refractivity contribution in [3.63, 3.8) is 0 Å². The Hall–Kier alpha value is -3.33. The van der Waals surface area contributed by atoms with Gasteiger partial charge in [-0.1, -0.05) is 6.07 Å². The first kappa shape index (κ1) is 18.1. The van der Waals surface area contributed by atoms with Gasteiger partial charge in [0.2, 0.25) is 5.91 Å². The second-order valence-corrected chi connectivity index (χ2v) is 7.25. The fourth-order valence-electron chi connectivity index (χ4n) is 2.99. The zero-order chi connectivity index (χ0) is 19.3. The predicted octanol–water partition coefficient (Wildman–Crippen LogP) is 1.72. The molecule has 1 aromatic carbocycles.